The highest BCUT2D eigenvalue weighted by atomic mass is 32.2. The van der Waals surface area contributed by atoms with Crippen LogP contribution in [-0.2, 0) is 15.5 Å². The lowest BCUT2D eigenvalue weighted by Crippen LogP contribution is -2.24. The van der Waals surface area contributed by atoms with Gasteiger partial charge in [-0.15, -0.1) is 0 Å². The number of phenols is 2. The van der Waals surface area contributed by atoms with Crippen molar-refractivity contribution in [3.63, 3.8) is 0 Å². The lowest BCUT2D eigenvalue weighted by atomic mass is 9.73. The van der Waals surface area contributed by atoms with Crippen LogP contribution in [0.25, 0.3) is 0 Å². The number of hydrogen-bond donors (Lipinski definition) is 3. The largest absolute Gasteiger partial charge is 0.508 e. The Hall–Kier alpha value is -2.83. The zero-order valence-corrected chi connectivity index (χ0v) is 17.3. The average Bonchev–Trinajstić information content (AvgIpc) is 2.67. The molecule has 0 amide bonds. The van der Waals surface area contributed by atoms with Crippen LogP contribution in [0.2, 0.25) is 0 Å². The molecule has 0 spiro atoms. The van der Waals surface area contributed by atoms with E-state index in [0.717, 1.165) is 22.8 Å². The fraction of sp³-hybridized carbons (Fsp3) is 0.217. The molecule has 3 aromatic carbocycles. The van der Waals surface area contributed by atoms with Crippen LogP contribution in [0, 0.1) is 0 Å². The van der Waals surface area contributed by atoms with Crippen molar-refractivity contribution in [1.82, 2.24) is 0 Å². The van der Waals surface area contributed by atoms with Crippen LogP contribution in [0.4, 0.5) is 0 Å². The predicted octanol–water partition coefficient (Wildman–Crippen LogP) is 4.82. The van der Waals surface area contributed by atoms with Gasteiger partial charge in [-0.3, -0.25) is 4.55 Å². The van der Waals surface area contributed by atoms with Crippen LogP contribution in [0.15, 0.2) is 71.6 Å². The summed E-state index contributed by atoms with van der Waals surface area (Å²) in [5, 5.41) is 19.9. The highest BCUT2D eigenvalue weighted by Crippen LogP contribution is 2.42. The molecule has 3 rings (SSSR count). The smallest absolute Gasteiger partial charge is 0.294 e. The van der Waals surface area contributed by atoms with Gasteiger partial charge in [-0.05, 0) is 40.5 Å². The third-order valence-electron chi connectivity index (χ3n) is 5.39. The second-order valence-electron chi connectivity index (χ2n) is 7.68. The van der Waals surface area contributed by atoms with E-state index in [9.17, 15) is 23.2 Å². The fourth-order valence-electron chi connectivity index (χ4n) is 3.78. The summed E-state index contributed by atoms with van der Waals surface area (Å²) in [6.45, 7) is 5.72. The van der Waals surface area contributed by atoms with E-state index in [2.05, 4.69) is 0 Å². The van der Waals surface area contributed by atoms with Crippen molar-refractivity contribution in [3.05, 3.63) is 89.0 Å². The Bertz CT molecular complexity index is 1140. The van der Waals surface area contributed by atoms with Crippen molar-refractivity contribution < 1.29 is 23.2 Å². The molecule has 152 valence electrons. The Labute approximate surface area is 171 Å². The summed E-state index contributed by atoms with van der Waals surface area (Å²) in [6.07, 6.45) is 0. The molecule has 0 aromatic heterocycles. The maximum atomic E-state index is 12.0. The lowest BCUT2D eigenvalue weighted by molar-refractivity contribution is 0.461. The molecule has 29 heavy (non-hydrogen) atoms. The third kappa shape index (κ3) is 4.13. The SMILES string of the molecule is CC(c1ccccc1)c1cc(O)ccc1C(C)(C)c1ccc(O)cc1S(=O)(=O)O. The molecule has 1 unspecified atom stereocenters. The zero-order chi connectivity index (χ0) is 21.4. The molecule has 5 nitrogen and oxygen atoms in total. The summed E-state index contributed by atoms with van der Waals surface area (Å²) in [6, 6.07) is 18.8. The van der Waals surface area contributed by atoms with E-state index in [0.29, 0.717) is 5.56 Å². The molecule has 0 aliphatic rings. The van der Waals surface area contributed by atoms with E-state index in [1.54, 1.807) is 18.2 Å². The number of aromatic hydroxyl groups is 2. The topological polar surface area (TPSA) is 94.8 Å². The molecule has 0 bridgehead atoms. The van der Waals surface area contributed by atoms with Gasteiger partial charge in [0, 0.05) is 17.4 Å². The van der Waals surface area contributed by atoms with Crippen molar-refractivity contribution in [1.29, 1.82) is 0 Å². The second kappa shape index (κ2) is 7.54. The van der Waals surface area contributed by atoms with Gasteiger partial charge in [0.2, 0.25) is 0 Å². The molecule has 0 saturated carbocycles. The molecule has 3 N–H and O–H groups in total. The number of phenolic OH excluding ortho intramolecular Hbond substituents is 2. The first kappa shape index (κ1) is 20.9. The molecule has 0 radical (unpaired) electrons. The molecule has 0 heterocycles. The standard InChI is InChI=1S/C23H24O5S/c1-15(16-7-5-4-6-8-16)19-13-17(24)9-11-20(19)23(2,3)21-12-10-18(25)14-22(21)29(26,27)28/h4-15,24-25H,1-3H3,(H,26,27,28). The Morgan fingerprint density at radius 2 is 1.38 bits per heavy atom. The van der Waals surface area contributed by atoms with E-state index in [4.69, 9.17) is 0 Å². The second-order valence-corrected chi connectivity index (χ2v) is 9.07. The Morgan fingerprint density at radius 1 is 0.828 bits per heavy atom. The molecular weight excluding hydrogens is 388 g/mol. The van der Waals surface area contributed by atoms with Crippen molar-refractivity contribution in [2.45, 2.75) is 37.0 Å². The van der Waals surface area contributed by atoms with E-state index >= 15 is 0 Å². The van der Waals surface area contributed by atoms with E-state index in [-0.39, 0.29) is 22.3 Å². The summed E-state index contributed by atoms with van der Waals surface area (Å²) in [5.41, 5.74) is 2.21. The van der Waals surface area contributed by atoms with Crippen LogP contribution in [0.5, 0.6) is 11.5 Å². The van der Waals surface area contributed by atoms with Crippen molar-refractivity contribution in [3.8, 4) is 11.5 Å². The molecule has 1 atom stereocenters. The molecular formula is C23H24O5S. The Balaban J connectivity index is 2.24. The summed E-state index contributed by atoms with van der Waals surface area (Å²) in [5.74, 6) is -0.201. The minimum Gasteiger partial charge on any atom is -0.508 e. The maximum Gasteiger partial charge on any atom is 0.294 e. The molecule has 0 fully saturated rings. The molecule has 0 aliphatic heterocycles. The summed E-state index contributed by atoms with van der Waals surface area (Å²) in [4.78, 5) is -0.339. The van der Waals surface area contributed by atoms with Crippen LogP contribution >= 0.6 is 0 Å². The van der Waals surface area contributed by atoms with Gasteiger partial charge in [-0.1, -0.05) is 63.2 Å². The van der Waals surface area contributed by atoms with Crippen molar-refractivity contribution >= 4 is 10.1 Å². The third-order valence-corrected chi connectivity index (χ3v) is 6.28. The Morgan fingerprint density at radius 3 is 1.97 bits per heavy atom. The average molecular weight is 413 g/mol. The molecule has 6 heteroatoms. The number of benzene rings is 3. The number of rotatable bonds is 5. The van der Waals surface area contributed by atoms with Gasteiger partial charge in [0.25, 0.3) is 10.1 Å². The van der Waals surface area contributed by atoms with Crippen molar-refractivity contribution in [2.75, 3.05) is 0 Å². The van der Waals surface area contributed by atoms with E-state index < -0.39 is 15.5 Å². The zero-order valence-electron chi connectivity index (χ0n) is 16.5. The maximum absolute atomic E-state index is 12.0. The summed E-state index contributed by atoms with van der Waals surface area (Å²) in [7, 11) is -4.55. The van der Waals surface area contributed by atoms with Crippen LogP contribution in [-0.4, -0.2) is 23.2 Å². The normalized spacial score (nSPS) is 13.2. The van der Waals surface area contributed by atoms with Crippen LogP contribution in [0.3, 0.4) is 0 Å². The van der Waals surface area contributed by atoms with E-state index in [1.165, 1.54) is 12.1 Å². The predicted molar refractivity (Wildman–Crippen MR) is 112 cm³/mol. The number of hydrogen-bond acceptors (Lipinski definition) is 4. The van der Waals surface area contributed by atoms with Crippen LogP contribution < -0.4 is 0 Å². The fourth-order valence-corrected chi connectivity index (χ4v) is 4.66. The highest BCUT2D eigenvalue weighted by Gasteiger charge is 2.33. The van der Waals surface area contributed by atoms with Gasteiger partial charge in [0.15, 0.2) is 0 Å². The van der Waals surface area contributed by atoms with Gasteiger partial charge >= 0.3 is 0 Å². The van der Waals surface area contributed by atoms with Gasteiger partial charge in [-0.2, -0.15) is 8.42 Å². The van der Waals surface area contributed by atoms with Crippen molar-refractivity contribution in [2.24, 2.45) is 0 Å². The first-order valence-corrected chi connectivity index (χ1v) is 10.6. The monoisotopic (exact) mass is 412 g/mol. The minimum absolute atomic E-state index is 0.0659. The first-order chi connectivity index (χ1) is 13.5. The minimum atomic E-state index is -4.55. The molecule has 0 saturated heterocycles. The van der Waals surface area contributed by atoms with E-state index in [1.807, 2.05) is 51.1 Å². The van der Waals surface area contributed by atoms with Gasteiger partial charge < -0.3 is 10.2 Å². The van der Waals surface area contributed by atoms with Gasteiger partial charge in [0.05, 0.1) is 0 Å². The molecule has 3 aromatic rings. The lowest BCUT2D eigenvalue weighted by Gasteiger charge is -2.32. The summed E-state index contributed by atoms with van der Waals surface area (Å²) >= 11 is 0. The first-order valence-electron chi connectivity index (χ1n) is 9.21. The van der Waals surface area contributed by atoms with Crippen LogP contribution in [0.1, 0.15) is 48.9 Å². The molecule has 0 aliphatic carbocycles. The summed E-state index contributed by atoms with van der Waals surface area (Å²) < 4.78 is 33.7. The van der Waals surface area contributed by atoms with Gasteiger partial charge in [-0.25, -0.2) is 0 Å². The highest BCUT2D eigenvalue weighted by molar-refractivity contribution is 7.85. The quantitative estimate of drug-likeness (QED) is 0.522. The Kier molecular flexibility index (Phi) is 5.43. The van der Waals surface area contributed by atoms with Gasteiger partial charge in [0.1, 0.15) is 16.4 Å².